The minimum absolute atomic E-state index is 0.195. The zero-order valence-electron chi connectivity index (χ0n) is 10.2. The molecule has 0 unspecified atom stereocenters. The minimum Gasteiger partial charge on any atom is -0.339 e. The summed E-state index contributed by atoms with van der Waals surface area (Å²) >= 11 is 0. The third kappa shape index (κ3) is 2.49. The molecule has 1 aromatic carbocycles. The lowest BCUT2D eigenvalue weighted by Gasteiger charge is -2.18. The topological polar surface area (TPSA) is 51.0 Å². The smallest absolute Gasteiger partial charge is 0.231 e. The third-order valence-corrected chi connectivity index (χ3v) is 3.27. The van der Waals surface area contributed by atoms with Gasteiger partial charge in [-0.1, -0.05) is 5.16 Å². The van der Waals surface area contributed by atoms with E-state index in [0.29, 0.717) is 17.3 Å². The quantitative estimate of drug-likeness (QED) is 0.906. The van der Waals surface area contributed by atoms with E-state index in [1.54, 1.807) is 0 Å². The van der Waals surface area contributed by atoms with E-state index < -0.39 is 11.6 Å². The zero-order chi connectivity index (χ0) is 13.2. The zero-order valence-corrected chi connectivity index (χ0v) is 10.2. The number of nitrogens with one attached hydrogen (secondary N) is 1. The maximum absolute atomic E-state index is 13.2. The number of hydrogen-bond donors (Lipinski definition) is 1. The van der Waals surface area contributed by atoms with Crippen LogP contribution in [-0.2, 0) is 0 Å². The lowest BCUT2D eigenvalue weighted by Crippen LogP contribution is -2.28. The molecule has 1 fully saturated rings. The normalized spacial score (nSPS) is 19.6. The molecule has 1 atom stereocenters. The fourth-order valence-electron chi connectivity index (χ4n) is 2.22. The second kappa shape index (κ2) is 5.05. The summed E-state index contributed by atoms with van der Waals surface area (Å²) in [6, 6.07) is 3.57. The summed E-state index contributed by atoms with van der Waals surface area (Å²) in [6.07, 6.45) is 2.06. The van der Waals surface area contributed by atoms with Crippen LogP contribution in [0, 0.1) is 11.6 Å². The molecule has 1 aromatic heterocycles. The van der Waals surface area contributed by atoms with E-state index in [1.807, 2.05) is 0 Å². The van der Waals surface area contributed by atoms with Crippen LogP contribution in [0.1, 0.15) is 24.7 Å². The predicted molar refractivity (Wildman–Crippen MR) is 64.5 cm³/mol. The first-order valence-electron chi connectivity index (χ1n) is 6.24. The van der Waals surface area contributed by atoms with E-state index in [2.05, 4.69) is 15.5 Å². The van der Waals surface area contributed by atoms with Gasteiger partial charge in [-0.2, -0.15) is 4.98 Å². The number of halogens is 2. The van der Waals surface area contributed by atoms with Crippen LogP contribution < -0.4 is 5.32 Å². The van der Waals surface area contributed by atoms with Gasteiger partial charge in [-0.15, -0.1) is 0 Å². The van der Waals surface area contributed by atoms with Crippen molar-refractivity contribution in [1.29, 1.82) is 0 Å². The van der Waals surface area contributed by atoms with Gasteiger partial charge in [0, 0.05) is 12.1 Å². The first-order chi connectivity index (χ1) is 9.24. The molecule has 3 rings (SSSR count). The molecular formula is C13H13F2N3O. The molecule has 6 heteroatoms. The van der Waals surface area contributed by atoms with Gasteiger partial charge in [0.1, 0.15) is 0 Å². The molecule has 19 heavy (non-hydrogen) atoms. The average molecular weight is 265 g/mol. The molecule has 1 aliphatic rings. The standard InChI is InChI=1S/C13H13F2N3O/c14-10-4-3-8(6-11(10)15)12-17-13(19-18-12)9-2-1-5-16-7-9/h3-4,6,9,16H,1-2,5,7H2/t9-/m0/s1. The van der Waals surface area contributed by atoms with Gasteiger partial charge < -0.3 is 9.84 Å². The highest BCUT2D eigenvalue weighted by Gasteiger charge is 2.21. The number of hydrogen-bond acceptors (Lipinski definition) is 4. The van der Waals surface area contributed by atoms with Gasteiger partial charge in [-0.3, -0.25) is 0 Å². The summed E-state index contributed by atoms with van der Waals surface area (Å²) in [5, 5.41) is 7.09. The van der Waals surface area contributed by atoms with Crippen LogP contribution in [0.25, 0.3) is 11.4 Å². The number of piperidine rings is 1. The Hall–Kier alpha value is -1.82. The summed E-state index contributed by atoms with van der Waals surface area (Å²) in [4.78, 5) is 4.27. The van der Waals surface area contributed by atoms with Gasteiger partial charge >= 0.3 is 0 Å². The highest BCUT2D eigenvalue weighted by atomic mass is 19.2. The maximum Gasteiger partial charge on any atom is 0.231 e. The Morgan fingerprint density at radius 2 is 2.16 bits per heavy atom. The highest BCUT2D eigenvalue weighted by Crippen LogP contribution is 2.25. The van der Waals surface area contributed by atoms with Gasteiger partial charge in [0.25, 0.3) is 0 Å². The number of benzene rings is 1. The van der Waals surface area contributed by atoms with E-state index >= 15 is 0 Å². The Morgan fingerprint density at radius 3 is 2.89 bits per heavy atom. The maximum atomic E-state index is 13.2. The summed E-state index contributed by atoms with van der Waals surface area (Å²) in [7, 11) is 0. The molecule has 1 aliphatic heterocycles. The minimum atomic E-state index is -0.914. The monoisotopic (exact) mass is 265 g/mol. The fraction of sp³-hybridized carbons (Fsp3) is 0.385. The van der Waals surface area contributed by atoms with Crippen LogP contribution in [0.4, 0.5) is 8.78 Å². The molecule has 0 amide bonds. The van der Waals surface area contributed by atoms with Crippen molar-refractivity contribution in [2.24, 2.45) is 0 Å². The summed E-state index contributed by atoms with van der Waals surface area (Å²) in [6.45, 7) is 1.81. The Bertz CT molecular complexity index is 579. The van der Waals surface area contributed by atoms with E-state index in [-0.39, 0.29) is 5.92 Å². The Balaban J connectivity index is 1.85. The second-order valence-corrected chi connectivity index (χ2v) is 4.63. The van der Waals surface area contributed by atoms with E-state index in [1.165, 1.54) is 6.07 Å². The largest absolute Gasteiger partial charge is 0.339 e. The Labute approximate surface area is 108 Å². The van der Waals surface area contributed by atoms with Crippen molar-refractivity contribution in [3.63, 3.8) is 0 Å². The van der Waals surface area contributed by atoms with Gasteiger partial charge in [0.05, 0.1) is 5.92 Å². The molecule has 1 saturated heterocycles. The molecule has 1 N–H and O–H groups in total. The van der Waals surface area contributed by atoms with Gasteiger partial charge in [0.2, 0.25) is 11.7 Å². The summed E-state index contributed by atoms with van der Waals surface area (Å²) < 4.78 is 31.2. The number of nitrogens with zero attached hydrogens (tertiary/aromatic N) is 2. The first-order valence-corrected chi connectivity index (χ1v) is 6.24. The highest BCUT2D eigenvalue weighted by molar-refractivity contribution is 5.54. The number of aromatic nitrogens is 2. The van der Waals surface area contributed by atoms with Crippen molar-refractivity contribution in [3.05, 3.63) is 35.7 Å². The molecule has 0 bridgehead atoms. The van der Waals surface area contributed by atoms with Crippen molar-refractivity contribution < 1.29 is 13.3 Å². The molecular weight excluding hydrogens is 252 g/mol. The molecule has 2 aromatic rings. The second-order valence-electron chi connectivity index (χ2n) is 4.63. The lowest BCUT2D eigenvalue weighted by molar-refractivity contribution is 0.322. The van der Waals surface area contributed by atoms with Crippen molar-refractivity contribution in [1.82, 2.24) is 15.5 Å². The molecule has 100 valence electrons. The molecule has 0 radical (unpaired) electrons. The Kier molecular flexibility index (Phi) is 3.25. The lowest BCUT2D eigenvalue weighted by atomic mass is 10.00. The van der Waals surface area contributed by atoms with Crippen molar-refractivity contribution >= 4 is 0 Å². The average Bonchev–Trinajstić information content (AvgIpc) is 2.93. The Morgan fingerprint density at radius 1 is 1.26 bits per heavy atom. The summed E-state index contributed by atoms with van der Waals surface area (Å²) in [5.74, 6) is -0.765. The number of rotatable bonds is 2. The summed E-state index contributed by atoms with van der Waals surface area (Å²) in [5.41, 5.74) is 0.415. The van der Waals surface area contributed by atoms with Crippen LogP contribution in [-0.4, -0.2) is 23.2 Å². The van der Waals surface area contributed by atoms with Crippen molar-refractivity contribution in [3.8, 4) is 11.4 Å². The molecule has 0 aliphatic carbocycles. The van der Waals surface area contributed by atoms with Crippen molar-refractivity contribution in [2.45, 2.75) is 18.8 Å². The van der Waals surface area contributed by atoms with Crippen molar-refractivity contribution in [2.75, 3.05) is 13.1 Å². The van der Waals surface area contributed by atoms with Crippen LogP contribution in [0.3, 0.4) is 0 Å². The van der Waals surface area contributed by atoms with Crippen LogP contribution >= 0.6 is 0 Å². The SMILES string of the molecule is Fc1ccc(-c2noc([C@H]3CCCNC3)n2)cc1F. The van der Waals surface area contributed by atoms with Gasteiger partial charge in [0.15, 0.2) is 11.6 Å². The molecule has 0 saturated carbocycles. The molecule has 0 spiro atoms. The van der Waals surface area contributed by atoms with Crippen LogP contribution in [0.5, 0.6) is 0 Å². The van der Waals surface area contributed by atoms with Crippen LogP contribution in [0.15, 0.2) is 22.7 Å². The van der Waals surface area contributed by atoms with E-state index in [0.717, 1.165) is 38.1 Å². The van der Waals surface area contributed by atoms with E-state index in [9.17, 15) is 8.78 Å². The first kappa shape index (κ1) is 12.2. The van der Waals surface area contributed by atoms with E-state index in [4.69, 9.17) is 4.52 Å². The van der Waals surface area contributed by atoms with Crippen LogP contribution in [0.2, 0.25) is 0 Å². The molecule has 2 heterocycles. The fourth-order valence-corrected chi connectivity index (χ4v) is 2.22. The molecule has 4 nitrogen and oxygen atoms in total. The van der Waals surface area contributed by atoms with Gasteiger partial charge in [-0.25, -0.2) is 8.78 Å². The predicted octanol–water partition coefficient (Wildman–Crippen LogP) is 2.48. The van der Waals surface area contributed by atoms with Gasteiger partial charge in [-0.05, 0) is 37.6 Å². The third-order valence-electron chi connectivity index (χ3n) is 3.27.